The molecule has 0 radical (unpaired) electrons. The Labute approximate surface area is 178 Å². The van der Waals surface area contributed by atoms with Gasteiger partial charge in [0.25, 0.3) is 0 Å². The zero-order valence-corrected chi connectivity index (χ0v) is 17.8. The minimum atomic E-state index is -3.40. The van der Waals surface area contributed by atoms with E-state index in [0.717, 1.165) is 24.0 Å². The molecule has 1 saturated carbocycles. The van der Waals surface area contributed by atoms with E-state index < -0.39 is 15.9 Å². The van der Waals surface area contributed by atoms with Crippen LogP contribution in [0.5, 0.6) is 0 Å². The summed E-state index contributed by atoms with van der Waals surface area (Å²) in [6.07, 6.45) is 1.91. The van der Waals surface area contributed by atoms with E-state index in [0.29, 0.717) is 16.4 Å². The molecule has 8 heteroatoms. The number of nitrogens with one attached hydrogen (secondary N) is 2. The first-order valence-corrected chi connectivity index (χ1v) is 12.1. The van der Waals surface area contributed by atoms with Crippen LogP contribution in [0, 0.1) is 5.92 Å². The van der Waals surface area contributed by atoms with Gasteiger partial charge in [-0.3, -0.25) is 0 Å². The van der Waals surface area contributed by atoms with Crippen molar-refractivity contribution < 1.29 is 13.2 Å². The van der Waals surface area contributed by atoms with Crippen LogP contribution in [0.1, 0.15) is 12.8 Å². The Morgan fingerprint density at radius 2 is 1.83 bits per heavy atom. The van der Waals surface area contributed by atoms with Crippen molar-refractivity contribution in [1.82, 2.24) is 0 Å². The lowest BCUT2D eigenvalue weighted by molar-refractivity contribution is 0.262. The van der Waals surface area contributed by atoms with E-state index in [1.54, 1.807) is 36.4 Å². The summed E-state index contributed by atoms with van der Waals surface area (Å²) in [5.41, 5.74) is 2.58. The molecule has 0 aliphatic heterocycles. The predicted octanol–water partition coefficient (Wildman–Crippen LogP) is 5.90. The number of halogens is 1. The number of hydrogen-bond donors (Lipinski definition) is 2. The van der Waals surface area contributed by atoms with Crippen LogP contribution in [0.2, 0.25) is 5.02 Å². The van der Waals surface area contributed by atoms with Crippen molar-refractivity contribution in [2.45, 2.75) is 17.7 Å². The SMILES string of the molecule is O=C(Nc1ccccc1Cl)Nc1cc(S(=O)(=O)CC2CC2)ccc1-c1ccsc1. The molecule has 1 aromatic heterocycles. The summed E-state index contributed by atoms with van der Waals surface area (Å²) in [6.45, 7) is 0. The fraction of sp³-hybridized carbons (Fsp3) is 0.190. The van der Waals surface area contributed by atoms with Gasteiger partial charge in [0.15, 0.2) is 9.84 Å². The summed E-state index contributed by atoms with van der Waals surface area (Å²) in [5.74, 6) is 0.396. The van der Waals surface area contributed by atoms with Crippen molar-refractivity contribution in [3.8, 4) is 11.1 Å². The molecule has 0 saturated heterocycles. The largest absolute Gasteiger partial charge is 0.323 e. The lowest BCUT2D eigenvalue weighted by atomic mass is 10.1. The molecule has 0 unspecified atom stereocenters. The second kappa shape index (κ2) is 8.18. The number of rotatable bonds is 6. The van der Waals surface area contributed by atoms with Crippen molar-refractivity contribution >= 4 is 50.2 Å². The van der Waals surface area contributed by atoms with Crippen LogP contribution < -0.4 is 10.6 Å². The summed E-state index contributed by atoms with van der Waals surface area (Å²) in [4.78, 5) is 12.8. The van der Waals surface area contributed by atoms with E-state index in [9.17, 15) is 13.2 Å². The molecular weight excluding hydrogens is 428 g/mol. The Balaban J connectivity index is 1.64. The van der Waals surface area contributed by atoms with Crippen molar-refractivity contribution in [2.75, 3.05) is 16.4 Å². The average molecular weight is 447 g/mol. The highest BCUT2D eigenvalue weighted by Gasteiger charge is 2.29. The Bertz CT molecular complexity index is 1140. The first-order chi connectivity index (χ1) is 13.9. The van der Waals surface area contributed by atoms with E-state index in [4.69, 9.17) is 11.6 Å². The average Bonchev–Trinajstić information content (AvgIpc) is 3.31. The molecule has 0 atom stereocenters. The minimum Gasteiger partial charge on any atom is -0.307 e. The maximum atomic E-state index is 12.7. The number of urea groups is 1. The van der Waals surface area contributed by atoms with Crippen molar-refractivity contribution in [2.24, 2.45) is 5.92 Å². The molecule has 2 N–H and O–H groups in total. The van der Waals surface area contributed by atoms with Gasteiger partial charge in [-0.25, -0.2) is 13.2 Å². The van der Waals surface area contributed by atoms with Gasteiger partial charge >= 0.3 is 6.03 Å². The highest BCUT2D eigenvalue weighted by atomic mass is 35.5. The van der Waals surface area contributed by atoms with Gasteiger partial charge in [0.1, 0.15) is 0 Å². The number of thiophene rings is 1. The molecule has 1 aliphatic rings. The van der Waals surface area contributed by atoms with Crippen molar-refractivity contribution in [1.29, 1.82) is 0 Å². The van der Waals surface area contributed by atoms with Gasteiger partial charge in [0.2, 0.25) is 0 Å². The zero-order valence-electron chi connectivity index (χ0n) is 15.4. The fourth-order valence-electron chi connectivity index (χ4n) is 3.02. The third kappa shape index (κ3) is 4.80. The van der Waals surface area contributed by atoms with Gasteiger partial charge < -0.3 is 10.6 Å². The van der Waals surface area contributed by atoms with Crippen LogP contribution in [-0.4, -0.2) is 20.2 Å². The normalized spacial score (nSPS) is 13.8. The molecule has 5 nitrogen and oxygen atoms in total. The van der Waals surface area contributed by atoms with Gasteiger partial charge in [-0.05, 0) is 65.4 Å². The van der Waals surface area contributed by atoms with E-state index in [-0.39, 0.29) is 16.6 Å². The monoisotopic (exact) mass is 446 g/mol. The molecule has 2 amide bonds. The number of carbonyl (C=O) groups is 1. The maximum Gasteiger partial charge on any atom is 0.323 e. The predicted molar refractivity (Wildman–Crippen MR) is 119 cm³/mol. The molecule has 0 spiro atoms. The van der Waals surface area contributed by atoms with Crippen molar-refractivity contribution in [3.63, 3.8) is 0 Å². The summed E-state index contributed by atoms with van der Waals surface area (Å²) < 4.78 is 25.4. The molecule has 150 valence electrons. The van der Waals surface area contributed by atoms with Gasteiger partial charge in [-0.15, -0.1) is 0 Å². The highest BCUT2D eigenvalue weighted by Crippen LogP contribution is 2.35. The molecule has 1 aliphatic carbocycles. The molecule has 3 aromatic rings. The van der Waals surface area contributed by atoms with Crippen molar-refractivity contribution in [3.05, 3.63) is 64.3 Å². The number of carbonyl (C=O) groups excluding carboxylic acids is 1. The number of sulfone groups is 1. The number of hydrogen-bond acceptors (Lipinski definition) is 4. The second-order valence-electron chi connectivity index (χ2n) is 7.00. The zero-order chi connectivity index (χ0) is 20.4. The number of benzene rings is 2. The molecule has 2 aromatic carbocycles. The van der Waals surface area contributed by atoms with Crippen LogP contribution in [0.4, 0.5) is 16.2 Å². The molecule has 4 rings (SSSR count). The van der Waals surface area contributed by atoms with E-state index in [1.165, 1.54) is 17.4 Å². The number of para-hydroxylation sites is 1. The lowest BCUT2D eigenvalue weighted by Gasteiger charge is -2.14. The lowest BCUT2D eigenvalue weighted by Crippen LogP contribution is -2.20. The van der Waals surface area contributed by atoms with Crippen LogP contribution >= 0.6 is 22.9 Å². The molecular formula is C21H19ClN2O3S2. The van der Waals surface area contributed by atoms with Gasteiger partial charge in [-0.1, -0.05) is 29.8 Å². The topological polar surface area (TPSA) is 75.3 Å². The summed E-state index contributed by atoms with van der Waals surface area (Å²) in [6, 6.07) is 13.2. The Morgan fingerprint density at radius 1 is 1.07 bits per heavy atom. The van der Waals surface area contributed by atoms with E-state index in [2.05, 4.69) is 10.6 Å². The summed E-state index contributed by atoms with van der Waals surface area (Å²) in [7, 11) is -3.40. The molecule has 1 fully saturated rings. The summed E-state index contributed by atoms with van der Waals surface area (Å²) >= 11 is 7.63. The van der Waals surface area contributed by atoms with Gasteiger partial charge in [0.05, 0.1) is 27.0 Å². The van der Waals surface area contributed by atoms with Gasteiger partial charge in [0, 0.05) is 5.56 Å². The summed E-state index contributed by atoms with van der Waals surface area (Å²) in [5, 5.41) is 9.79. The molecule has 29 heavy (non-hydrogen) atoms. The molecule has 0 bridgehead atoms. The smallest absolute Gasteiger partial charge is 0.307 e. The first-order valence-electron chi connectivity index (χ1n) is 9.14. The third-order valence-electron chi connectivity index (χ3n) is 4.70. The number of amides is 2. The first kappa shape index (κ1) is 19.9. The second-order valence-corrected chi connectivity index (χ2v) is 10.2. The standard InChI is InChI=1S/C21H19ClN2O3S2/c22-18-3-1-2-4-19(18)23-21(25)24-20-11-16(29(26,27)13-14-5-6-14)7-8-17(20)15-9-10-28-12-15/h1-4,7-12,14H,5-6,13H2,(H2,23,24,25). The Hall–Kier alpha value is -2.35. The quantitative estimate of drug-likeness (QED) is 0.495. The maximum absolute atomic E-state index is 12.7. The van der Waals surface area contributed by atoms with E-state index in [1.807, 2.05) is 16.8 Å². The fourth-order valence-corrected chi connectivity index (χ4v) is 5.58. The van der Waals surface area contributed by atoms with Crippen LogP contribution in [0.25, 0.3) is 11.1 Å². The minimum absolute atomic E-state index is 0.149. The van der Waals surface area contributed by atoms with Crippen LogP contribution in [0.3, 0.4) is 0 Å². The van der Waals surface area contributed by atoms with Crippen LogP contribution in [0.15, 0.2) is 64.2 Å². The third-order valence-corrected chi connectivity index (χ3v) is 7.60. The molecule has 1 heterocycles. The van der Waals surface area contributed by atoms with Gasteiger partial charge in [-0.2, -0.15) is 11.3 Å². The highest BCUT2D eigenvalue weighted by molar-refractivity contribution is 7.91. The number of anilines is 2. The Kier molecular flexibility index (Phi) is 5.63. The van der Waals surface area contributed by atoms with E-state index >= 15 is 0 Å². The van der Waals surface area contributed by atoms with Crippen LogP contribution in [-0.2, 0) is 9.84 Å². The Morgan fingerprint density at radius 3 is 2.52 bits per heavy atom.